The van der Waals surface area contributed by atoms with Crippen LogP contribution >= 0.6 is 11.6 Å². The van der Waals surface area contributed by atoms with E-state index >= 15 is 0 Å². The molecule has 2 aromatic carbocycles. The molecule has 0 saturated heterocycles. The zero-order valence-corrected chi connectivity index (χ0v) is 15.4. The molecule has 0 fully saturated rings. The molecule has 1 heterocycles. The van der Waals surface area contributed by atoms with E-state index in [0.29, 0.717) is 11.6 Å². The van der Waals surface area contributed by atoms with Crippen LogP contribution in [0.2, 0.25) is 5.02 Å². The highest BCUT2D eigenvalue weighted by Crippen LogP contribution is 2.37. The molecule has 0 aromatic heterocycles. The van der Waals surface area contributed by atoms with E-state index in [0.717, 1.165) is 48.3 Å². The number of benzene rings is 2. The molecule has 3 rings (SSSR count). The normalized spacial score (nSPS) is 13.2. The third-order valence-electron chi connectivity index (χ3n) is 4.34. The highest BCUT2D eigenvalue weighted by molar-refractivity contribution is 6.31. The Morgan fingerprint density at radius 2 is 1.84 bits per heavy atom. The number of rotatable bonds is 4. The van der Waals surface area contributed by atoms with Crippen molar-refractivity contribution in [2.45, 2.75) is 19.3 Å². The summed E-state index contributed by atoms with van der Waals surface area (Å²) < 4.78 is 5.56. The summed E-state index contributed by atoms with van der Waals surface area (Å²) in [5.41, 5.74) is 3.93. The summed E-state index contributed by atoms with van der Waals surface area (Å²) in [6, 6.07) is 13.7. The fourth-order valence-corrected chi connectivity index (χ4v) is 3.26. The lowest BCUT2D eigenvalue weighted by molar-refractivity contribution is 0.151. The monoisotopic (exact) mass is 358 g/mol. The minimum absolute atomic E-state index is 0.350. The Kier molecular flexibility index (Phi) is 5.61. The van der Waals surface area contributed by atoms with E-state index in [2.05, 4.69) is 11.0 Å². The molecule has 1 amide bonds. The Balaban J connectivity index is 1.90. The number of fused-ring (bicyclic) bond motifs is 2. The van der Waals surface area contributed by atoms with E-state index in [9.17, 15) is 4.79 Å². The number of ether oxygens (including phenoxy) is 1. The molecule has 0 atom stereocenters. The Morgan fingerprint density at radius 1 is 1.12 bits per heavy atom. The number of hydrogen-bond acceptors (Lipinski definition) is 3. The number of carbonyl (C=O) groups excluding carboxylic acids is 1. The van der Waals surface area contributed by atoms with Crippen LogP contribution in [0.5, 0.6) is 0 Å². The van der Waals surface area contributed by atoms with E-state index in [4.69, 9.17) is 16.3 Å². The van der Waals surface area contributed by atoms with E-state index in [1.165, 1.54) is 0 Å². The molecule has 1 aliphatic rings. The van der Waals surface area contributed by atoms with Crippen LogP contribution in [0.25, 0.3) is 0 Å². The van der Waals surface area contributed by atoms with Crippen molar-refractivity contribution >= 4 is 29.1 Å². The molecule has 0 saturated carbocycles. The Labute approximate surface area is 154 Å². The predicted octanol–water partition coefficient (Wildman–Crippen LogP) is 4.67. The number of hydrogen-bond donors (Lipinski definition) is 0. The predicted molar refractivity (Wildman–Crippen MR) is 102 cm³/mol. The smallest absolute Gasteiger partial charge is 0.418 e. The molecular formula is C20H23ClN2O2. The SMILES string of the molecule is CN(C)CCCOC(=O)N1c2ccccc2CCc2ccc(Cl)cc21. The summed E-state index contributed by atoms with van der Waals surface area (Å²) in [5, 5.41) is 0.614. The molecule has 5 heteroatoms. The van der Waals surface area contributed by atoms with Crippen molar-refractivity contribution in [3.8, 4) is 0 Å². The maximum atomic E-state index is 12.9. The second kappa shape index (κ2) is 7.89. The van der Waals surface area contributed by atoms with Crippen LogP contribution in [0.3, 0.4) is 0 Å². The van der Waals surface area contributed by atoms with E-state index < -0.39 is 0 Å². The fourth-order valence-electron chi connectivity index (χ4n) is 3.10. The average molecular weight is 359 g/mol. The first-order valence-corrected chi connectivity index (χ1v) is 8.92. The molecular weight excluding hydrogens is 336 g/mol. The fraction of sp³-hybridized carbons (Fsp3) is 0.350. The molecule has 0 radical (unpaired) electrons. The molecule has 1 aliphatic heterocycles. The number of amides is 1. The molecule has 2 aromatic rings. The number of carbonyl (C=O) groups is 1. The van der Waals surface area contributed by atoms with Crippen molar-refractivity contribution in [2.24, 2.45) is 0 Å². The van der Waals surface area contributed by atoms with Gasteiger partial charge in [-0.1, -0.05) is 35.9 Å². The first-order chi connectivity index (χ1) is 12.1. The van der Waals surface area contributed by atoms with Gasteiger partial charge in [-0.3, -0.25) is 0 Å². The Bertz CT molecular complexity index is 761. The van der Waals surface area contributed by atoms with Crippen molar-refractivity contribution in [1.29, 1.82) is 0 Å². The van der Waals surface area contributed by atoms with Gasteiger partial charge in [-0.25, -0.2) is 9.69 Å². The van der Waals surface area contributed by atoms with Gasteiger partial charge in [-0.15, -0.1) is 0 Å². The summed E-state index contributed by atoms with van der Waals surface area (Å²) in [4.78, 5) is 16.6. The van der Waals surface area contributed by atoms with Gasteiger partial charge >= 0.3 is 6.09 Å². The van der Waals surface area contributed by atoms with Gasteiger partial charge < -0.3 is 9.64 Å². The van der Waals surface area contributed by atoms with Gasteiger partial charge in [0, 0.05) is 11.6 Å². The second-order valence-electron chi connectivity index (χ2n) is 6.51. The van der Waals surface area contributed by atoms with Crippen LogP contribution in [-0.2, 0) is 17.6 Å². The van der Waals surface area contributed by atoms with Gasteiger partial charge in [0.1, 0.15) is 0 Å². The van der Waals surface area contributed by atoms with Gasteiger partial charge in [0.05, 0.1) is 18.0 Å². The van der Waals surface area contributed by atoms with Crippen LogP contribution in [0.15, 0.2) is 42.5 Å². The Hall–Kier alpha value is -2.04. The minimum atomic E-state index is -0.350. The quantitative estimate of drug-likeness (QED) is 0.745. The molecule has 0 spiro atoms. The van der Waals surface area contributed by atoms with Gasteiger partial charge in [0.2, 0.25) is 0 Å². The maximum absolute atomic E-state index is 12.9. The van der Waals surface area contributed by atoms with E-state index in [1.807, 2.05) is 50.5 Å². The summed E-state index contributed by atoms with van der Waals surface area (Å²) >= 11 is 6.20. The van der Waals surface area contributed by atoms with Crippen LogP contribution in [0, 0.1) is 0 Å². The highest BCUT2D eigenvalue weighted by Gasteiger charge is 2.27. The number of para-hydroxylation sites is 1. The first kappa shape index (κ1) is 17.8. The lowest BCUT2D eigenvalue weighted by atomic mass is 10.0. The standard InChI is InChI=1S/C20H23ClN2O2/c1-22(2)12-5-13-25-20(24)23-18-7-4-3-6-15(18)8-9-16-10-11-17(21)14-19(16)23/h3-4,6-7,10-11,14H,5,8-9,12-13H2,1-2H3. The van der Waals surface area contributed by atoms with Crippen molar-refractivity contribution in [3.05, 3.63) is 58.6 Å². The zero-order valence-electron chi connectivity index (χ0n) is 14.7. The van der Waals surface area contributed by atoms with Crippen molar-refractivity contribution in [2.75, 3.05) is 32.1 Å². The molecule has 0 aliphatic carbocycles. The summed E-state index contributed by atoms with van der Waals surface area (Å²) in [5.74, 6) is 0. The lowest BCUT2D eigenvalue weighted by Crippen LogP contribution is -2.28. The third-order valence-corrected chi connectivity index (χ3v) is 4.58. The molecule has 132 valence electrons. The van der Waals surface area contributed by atoms with Gasteiger partial charge in [0.15, 0.2) is 0 Å². The van der Waals surface area contributed by atoms with Crippen molar-refractivity contribution in [3.63, 3.8) is 0 Å². The Morgan fingerprint density at radius 3 is 2.60 bits per heavy atom. The summed E-state index contributed by atoms with van der Waals surface area (Å²) in [7, 11) is 4.01. The van der Waals surface area contributed by atoms with Crippen LogP contribution in [0.1, 0.15) is 17.5 Å². The average Bonchev–Trinajstić information content (AvgIpc) is 2.74. The molecule has 0 unspecified atom stereocenters. The van der Waals surface area contributed by atoms with E-state index in [-0.39, 0.29) is 6.09 Å². The van der Waals surface area contributed by atoms with Crippen molar-refractivity contribution < 1.29 is 9.53 Å². The maximum Gasteiger partial charge on any atom is 0.418 e. The van der Waals surface area contributed by atoms with Crippen LogP contribution in [0.4, 0.5) is 16.2 Å². The number of halogens is 1. The van der Waals surface area contributed by atoms with Gasteiger partial charge in [0.25, 0.3) is 0 Å². The largest absolute Gasteiger partial charge is 0.449 e. The summed E-state index contributed by atoms with van der Waals surface area (Å²) in [6.45, 7) is 1.28. The lowest BCUT2D eigenvalue weighted by Gasteiger charge is -2.24. The molecule has 0 bridgehead atoms. The molecule has 4 nitrogen and oxygen atoms in total. The minimum Gasteiger partial charge on any atom is -0.449 e. The van der Waals surface area contributed by atoms with Gasteiger partial charge in [-0.2, -0.15) is 0 Å². The highest BCUT2D eigenvalue weighted by atomic mass is 35.5. The number of anilines is 2. The van der Waals surface area contributed by atoms with E-state index in [1.54, 1.807) is 4.90 Å². The second-order valence-corrected chi connectivity index (χ2v) is 6.94. The third kappa shape index (κ3) is 4.14. The van der Waals surface area contributed by atoms with Crippen molar-refractivity contribution in [1.82, 2.24) is 4.90 Å². The summed E-state index contributed by atoms with van der Waals surface area (Å²) in [6.07, 6.45) is 2.20. The zero-order chi connectivity index (χ0) is 17.8. The first-order valence-electron chi connectivity index (χ1n) is 8.54. The van der Waals surface area contributed by atoms with Gasteiger partial charge in [-0.05, 0) is 62.7 Å². The van der Waals surface area contributed by atoms with Crippen LogP contribution < -0.4 is 4.90 Å². The topological polar surface area (TPSA) is 32.8 Å². The number of nitrogens with zero attached hydrogens (tertiary/aromatic N) is 2. The van der Waals surface area contributed by atoms with Crippen LogP contribution in [-0.4, -0.2) is 38.2 Å². The number of aryl methyl sites for hydroxylation is 2. The molecule has 25 heavy (non-hydrogen) atoms. The molecule has 0 N–H and O–H groups in total.